The molecule has 0 aliphatic carbocycles. The maximum Gasteiger partial charge on any atom is 0.170 e. The van der Waals surface area contributed by atoms with E-state index >= 15 is 0 Å². The highest BCUT2D eigenvalue weighted by molar-refractivity contribution is 5.80. The van der Waals surface area contributed by atoms with Crippen molar-refractivity contribution in [1.29, 1.82) is 5.26 Å². The number of nitrogens with zero attached hydrogens (tertiary/aromatic N) is 1. The summed E-state index contributed by atoms with van der Waals surface area (Å²) in [5, 5.41) is 9.29. The number of ether oxygens (including phenoxy) is 1. The number of carbonyl (C=O) groups excluding carboxylic acids is 1. The molecule has 0 aliphatic heterocycles. The molecule has 0 heterocycles. The molecule has 3 heteroatoms. The lowest BCUT2D eigenvalue weighted by molar-refractivity contribution is -0.121. The molecule has 0 spiro atoms. The second-order valence-corrected chi connectivity index (χ2v) is 4.76. The van der Waals surface area contributed by atoms with Crippen LogP contribution in [0.5, 0.6) is 5.75 Å². The average molecular weight is 279 g/mol. The summed E-state index contributed by atoms with van der Waals surface area (Å²) in [7, 11) is 0. The molecule has 0 fully saturated rings. The van der Waals surface area contributed by atoms with Crippen molar-refractivity contribution in [1.82, 2.24) is 0 Å². The third-order valence-electron chi connectivity index (χ3n) is 3.12. The topological polar surface area (TPSA) is 50.1 Å². The Morgan fingerprint density at radius 2 is 1.95 bits per heavy atom. The van der Waals surface area contributed by atoms with Gasteiger partial charge in [-0.15, -0.1) is 0 Å². The molecule has 2 aromatic rings. The van der Waals surface area contributed by atoms with Gasteiger partial charge in [0.1, 0.15) is 12.4 Å². The van der Waals surface area contributed by atoms with Gasteiger partial charge in [-0.05, 0) is 35.7 Å². The fraction of sp³-hybridized carbons (Fsp3) is 0.222. The molecule has 2 rings (SSSR count). The maximum absolute atomic E-state index is 11.5. The number of hydrogen-bond donors (Lipinski definition) is 0. The summed E-state index contributed by atoms with van der Waals surface area (Å²) in [5.74, 6) is 0.624. The number of nitriles is 1. The Morgan fingerprint density at radius 3 is 2.62 bits per heavy atom. The Hall–Kier alpha value is -2.60. The van der Waals surface area contributed by atoms with Crippen molar-refractivity contribution in [2.24, 2.45) is 0 Å². The maximum atomic E-state index is 11.5. The Labute approximate surface area is 124 Å². The van der Waals surface area contributed by atoms with Crippen LogP contribution in [0.25, 0.3) is 11.1 Å². The average Bonchev–Trinajstić information content (AvgIpc) is 2.54. The molecular formula is C18H17NO2. The molecule has 21 heavy (non-hydrogen) atoms. The molecule has 0 unspecified atom stereocenters. The monoisotopic (exact) mass is 279 g/mol. The lowest BCUT2D eigenvalue weighted by atomic mass is 10.0. The molecule has 106 valence electrons. The second-order valence-electron chi connectivity index (χ2n) is 4.76. The smallest absolute Gasteiger partial charge is 0.170 e. The van der Waals surface area contributed by atoms with E-state index in [4.69, 9.17) is 4.74 Å². The van der Waals surface area contributed by atoms with Crippen molar-refractivity contribution in [3.8, 4) is 22.9 Å². The van der Waals surface area contributed by atoms with Crippen LogP contribution in [-0.4, -0.2) is 12.4 Å². The molecule has 0 atom stereocenters. The summed E-state index contributed by atoms with van der Waals surface area (Å²) < 4.78 is 5.45. The quantitative estimate of drug-likeness (QED) is 0.803. The third kappa shape index (κ3) is 3.93. The Bertz CT molecular complexity index is 657. The molecule has 0 saturated heterocycles. The first kappa shape index (κ1) is 14.8. The van der Waals surface area contributed by atoms with Crippen molar-refractivity contribution in [3.05, 3.63) is 54.1 Å². The molecule has 0 bridgehead atoms. The highest BCUT2D eigenvalue weighted by atomic mass is 16.5. The predicted molar refractivity (Wildman–Crippen MR) is 82.0 cm³/mol. The SMILES string of the molecule is CCCC(=O)COc1ccc(-c2ccccc2)c(C#N)c1. The Morgan fingerprint density at radius 1 is 1.19 bits per heavy atom. The van der Waals surface area contributed by atoms with Crippen molar-refractivity contribution >= 4 is 5.78 Å². The lowest BCUT2D eigenvalue weighted by Crippen LogP contribution is -2.10. The van der Waals surface area contributed by atoms with Gasteiger partial charge in [0.15, 0.2) is 5.78 Å². The standard InChI is InChI=1S/C18H17NO2/c1-2-6-16(20)13-21-17-9-10-18(15(11-17)12-19)14-7-4-3-5-8-14/h3-5,7-11H,2,6,13H2,1H3. The number of benzene rings is 2. The predicted octanol–water partition coefficient (Wildman–Crippen LogP) is 3.97. The number of hydrogen-bond acceptors (Lipinski definition) is 3. The summed E-state index contributed by atoms with van der Waals surface area (Å²) in [5.41, 5.74) is 2.40. The molecular weight excluding hydrogens is 262 g/mol. The van der Waals surface area contributed by atoms with Crippen LogP contribution in [0.3, 0.4) is 0 Å². The lowest BCUT2D eigenvalue weighted by Gasteiger charge is -2.09. The Kier molecular flexibility index (Phi) is 5.11. The van der Waals surface area contributed by atoms with Crippen molar-refractivity contribution in [2.45, 2.75) is 19.8 Å². The van der Waals surface area contributed by atoms with Gasteiger partial charge in [-0.25, -0.2) is 0 Å². The van der Waals surface area contributed by atoms with E-state index in [1.54, 1.807) is 12.1 Å². The van der Waals surface area contributed by atoms with Gasteiger partial charge in [-0.1, -0.05) is 37.3 Å². The minimum Gasteiger partial charge on any atom is -0.486 e. The number of ketones is 1. The fourth-order valence-electron chi connectivity index (χ4n) is 2.09. The van der Waals surface area contributed by atoms with E-state index in [-0.39, 0.29) is 12.4 Å². The van der Waals surface area contributed by atoms with Gasteiger partial charge in [-0.2, -0.15) is 5.26 Å². The van der Waals surface area contributed by atoms with Crippen molar-refractivity contribution < 1.29 is 9.53 Å². The zero-order valence-corrected chi connectivity index (χ0v) is 12.0. The van der Waals surface area contributed by atoms with Gasteiger partial charge < -0.3 is 4.74 Å². The minimum absolute atomic E-state index is 0.0589. The van der Waals surface area contributed by atoms with Gasteiger partial charge in [0.25, 0.3) is 0 Å². The molecule has 2 aromatic carbocycles. The summed E-state index contributed by atoms with van der Waals surface area (Å²) in [6.07, 6.45) is 1.34. The normalized spacial score (nSPS) is 9.90. The second kappa shape index (κ2) is 7.25. The highest BCUT2D eigenvalue weighted by Crippen LogP contribution is 2.26. The van der Waals surface area contributed by atoms with Crippen molar-refractivity contribution in [3.63, 3.8) is 0 Å². The first-order valence-electron chi connectivity index (χ1n) is 6.98. The van der Waals surface area contributed by atoms with Crippen LogP contribution in [-0.2, 0) is 4.79 Å². The van der Waals surface area contributed by atoms with Gasteiger partial charge in [0, 0.05) is 6.42 Å². The fourth-order valence-corrected chi connectivity index (χ4v) is 2.09. The molecule has 3 nitrogen and oxygen atoms in total. The highest BCUT2D eigenvalue weighted by Gasteiger charge is 2.08. The van der Waals surface area contributed by atoms with E-state index in [2.05, 4.69) is 6.07 Å². The first-order chi connectivity index (χ1) is 10.2. The van der Waals surface area contributed by atoms with Gasteiger partial charge >= 0.3 is 0 Å². The van der Waals surface area contributed by atoms with Crippen LogP contribution in [0.15, 0.2) is 48.5 Å². The van der Waals surface area contributed by atoms with E-state index in [1.165, 1.54) is 0 Å². The first-order valence-corrected chi connectivity index (χ1v) is 6.98. The van der Waals surface area contributed by atoms with E-state index in [1.807, 2.05) is 43.3 Å². The Balaban J connectivity index is 2.18. The molecule has 0 N–H and O–H groups in total. The van der Waals surface area contributed by atoms with Gasteiger partial charge in [-0.3, -0.25) is 4.79 Å². The van der Waals surface area contributed by atoms with Gasteiger partial charge in [0.05, 0.1) is 11.6 Å². The molecule has 0 aromatic heterocycles. The molecule has 0 amide bonds. The van der Waals surface area contributed by atoms with Gasteiger partial charge in [0.2, 0.25) is 0 Å². The number of Topliss-reactive ketones (excluding diaryl/α,β-unsaturated/α-hetero) is 1. The van der Waals surface area contributed by atoms with Crippen LogP contribution in [0.2, 0.25) is 0 Å². The van der Waals surface area contributed by atoms with E-state index in [0.717, 1.165) is 17.5 Å². The summed E-state index contributed by atoms with van der Waals surface area (Å²) in [6.45, 7) is 2.02. The van der Waals surface area contributed by atoms with E-state index in [0.29, 0.717) is 17.7 Å². The van der Waals surface area contributed by atoms with Crippen LogP contribution in [0.1, 0.15) is 25.3 Å². The summed E-state index contributed by atoms with van der Waals surface area (Å²) in [6, 6.07) is 17.2. The summed E-state index contributed by atoms with van der Waals surface area (Å²) in [4.78, 5) is 11.5. The molecule has 0 aliphatic rings. The van der Waals surface area contributed by atoms with Crippen LogP contribution < -0.4 is 4.74 Å². The van der Waals surface area contributed by atoms with Crippen LogP contribution >= 0.6 is 0 Å². The van der Waals surface area contributed by atoms with E-state index < -0.39 is 0 Å². The summed E-state index contributed by atoms with van der Waals surface area (Å²) >= 11 is 0. The largest absolute Gasteiger partial charge is 0.486 e. The zero-order chi connectivity index (χ0) is 15.1. The zero-order valence-electron chi connectivity index (χ0n) is 12.0. The molecule has 0 saturated carbocycles. The third-order valence-corrected chi connectivity index (χ3v) is 3.12. The van der Waals surface area contributed by atoms with Crippen LogP contribution in [0, 0.1) is 11.3 Å². The minimum atomic E-state index is 0.0589. The molecule has 0 radical (unpaired) electrons. The number of carbonyl (C=O) groups is 1. The number of rotatable bonds is 6. The van der Waals surface area contributed by atoms with Crippen molar-refractivity contribution in [2.75, 3.05) is 6.61 Å². The van der Waals surface area contributed by atoms with E-state index in [9.17, 15) is 10.1 Å². The van der Waals surface area contributed by atoms with Crippen LogP contribution in [0.4, 0.5) is 0 Å².